The van der Waals surface area contributed by atoms with Gasteiger partial charge in [-0.3, -0.25) is 14.3 Å². The number of nitrogens with one attached hydrogen (secondary N) is 1. The lowest BCUT2D eigenvalue weighted by atomic mass is 10.1. The summed E-state index contributed by atoms with van der Waals surface area (Å²) >= 11 is 1.40. The van der Waals surface area contributed by atoms with Gasteiger partial charge in [-0.05, 0) is 76.9 Å². The monoisotopic (exact) mass is 409 g/mol. The Hall–Kier alpha value is -2.67. The fraction of sp³-hybridized carbons (Fsp3) is 0.364. The highest BCUT2D eigenvalue weighted by atomic mass is 32.2. The first-order chi connectivity index (χ1) is 13.7. The average molecular weight is 410 g/mol. The van der Waals surface area contributed by atoms with Crippen LogP contribution in [0.4, 0.5) is 0 Å². The normalized spacial score (nSPS) is 12.6. The van der Waals surface area contributed by atoms with Crippen LogP contribution in [0, 0.1) is 13.8 Å². The third-order valence-electron chi connectivity index (χ3n) is 4.47. The van der Waals surface area contributed by atoms with Gasteiger partial charge in [0.05, 0.1) is 10.9 Å². The molecule has 1 amide bonds. The summed E-state index contributed by atoms with van der Waals surface area (Å²) in [6, 6.07) is 10.1. The lowest BCUT2D eigenvalue weighted by Crippen LogP contribution is -2.44. The van der Waals surface area contributed by atoms with E-state index in [1.807, 2.05) is 44.4 Å². The molecule has 3 aromatic rings. The van der Waals surface area contributed by atoms with E-state index in [0.717, 1.165) is 17.1 Å². The Labute approximate surface area is 176 Å². The molecule has 0 unspecified atom stereocenters. The maximum absolute atomic E-state index is 12.6. The number of carbonyl (C=O) groups is 1. The summed E-state index contributed by atoms with van der Waals surface area (Å²) in [5.74, 6) is 0.698. The quantitative estimate of drug-likeness (QED) is 0.635. The van der Waals surface area contributed by atoms with Crippen molar-refractivity contribution in [3.05, 3.63) is 53.9 Å². The van der Waals surface area contributed by atoms with Crippen LogP contribution in [-0.2, 0) is 4.79 Å². The third kappa shape index (κ3) is 5.03. The molecule has 3 rings (SSSR count). The van der Waals surface area contributed by atoms with Gasteiger partial charge in [-0.1, -0.05) is 17.8 Å². The van der Waals surface area contributed by atoms with E-state index in [2.05, 4.69) is 52.5 Å². The number of benzene rings is 1. The van der Waals surface area contributed by atoms with Gasteiger partial charge in [-0.15, -0.1) is 10.2 Å². The maximum Gasteiger partial charge on any atom is 0.233 e. The number of hydrogen-bond acceptors (Lipinski definition) is 5. The molecule has 29 heavy (non-hydrogen) atoms. The zero-order chi connectivity index (χ0) is 21.2. The largest absolute Gasteiger partial charge is 0.351 e. The van der Waals surface area contributed by atoms with Crippen LogP contribution in [-0.4, -0.2) is 36.4 Å². The topological polar surface area (TPSA) is 72.7 Å². The minimum atomic E-state index is -0.311. The smallest absolute Gasteiger partial charge is 0.233 e. The summed E-state index contributed by atoms with van der Waals surface area (Å²) in [6.45, 7) is 12.0. The van der Waals surface area contributed by atoms with Crippen molar-refractivity contribution in [2.75, 3.05) is 0 Å². The molecule has 0 radical (unpaired) electrons. The van der Waals surface area contributed by atoms with Crippen molar-refractivity contribution in [3.63, 3.8) is 0 Å². The van der Waals surface area contributed by atoms with Crippen molar-refractivity contribution in [2.24, 2.45) is 0 Å². The molecule has 1 N–H and O–H groups in total. The third-order valence-corrected chi connectivity index (χ3v) is 5.51. The molecule has 0 aliphatic carbocycles. The highest BCUT2D eigenvalue weighted by Crippen LogP contribution is 2.30. The van der Waals surface area contributed by atoms with Gasteiger partial charge in [-0.2, -0.15) is 0 Å². The molecule has 152 valence electrons. The summed E-state index contributed by atoms with van der Waals surface area (Å²) in [5.41, 5.74) is 4.02. The van der Waals surface area contributed by atoms with Crippen molar-refractivity contribution in [2.45, 2.75) is 57.5 Å². The van der Waals surface area contributed by atoms with E-state index in [1.54, 1.807) is 12.4 Å². The minimum absolute atomic E-state index is 0.0254. The molecule has 6 nitrogen and oxygen atoms in total. The number of nitrogens with zero attached hydrogens (tertiary/aromatic N) is 4. The molecular formula is C22H27N5OS. The van der Waals surface area contributed by atoms with Crippen LogP contribution in [0.1, 0.15) is 38.8 Å². The van der Waals surface area contributed by atoms with Crippen molar-refractivity contribution in [1.29, 1.82) is 0 Å². The van der Waals surface area contributed by atoms with E-state index >= 15 is 0 Å². The van der Waals surface area contributed by atoms with Gasteiger partial charge in [0.2, 0.25) is 5.91 Å². The first kappa shape index (κ1) is 21.0. The summed E-state index contributed by atoms with van der Waals surface area (Å²) in [6.07, 6.45) is 3.47. The SMILES string of the molecule is Cc1ccc(-n2c(S[C@H](C)C(=O)NC(C)(C)C)nnc2-c2ccncc2)cc1C. The highest BCUT2D eigenvalue weighted by molar-refractivity contribution is 8.00. The number of rotatable bonds is 5. The number of hydrogen-bond donors (Lipinski definition) is 1. The van der Waals surface area contributed by atoms with Crippen molar-refractivity contribution in [1.82, 2.24) is 25.1 Å². The highest BCUT2D eigenvalue weighted by Gasteiger charge is 2.24. The molecule has 0 bridgehead atoms. The zero-order valence-corrected chi connectivity index (χ0v) is 18.5. The van der Waals surface area contributed by atoms with E-state index in [9.17, 15) is 4.79 Å². The van der Waals surface area contributed by atoms with Gasteiger partial charge in [0.15, 0.2) is 11.0 Å². The predicted octanol–water partition coefficient (Wildman–Crippen LogP) is 4.34. The maximum atomic E-state index is 12.6. The standard InChI is InChI=1S/C22H27N5OS/c1-14-7-8-18(13-15(14)2)27-19(17-9-11-23-12-10-17)25-26-21(27)29-16(3)20(28)24-22(4,5)6/h7-13,16H,1-6H3,(H,24,28)/t16-/m1/s1. The van der Waals surface area contributed by atoms with Gasteiger partial charge < -0.3 is 5.32 Å². The van der Waals surface area contributed by atoms with E-state index in [-0.39, 0.29) is 16.7 Å². The van der Waals surface area contributed by atoms with Crippen LogP contribution in [0.15, 0.2) is 47.9 Å². The number of amides is 1. The van der Waals surface area contributed by atoms with Crippen LogP contribution in [0.3, 0.4) is 0 Å². The predicted molar refractivity (Wildman–Crippen MR) is 117 cm³/mol. The minimum Gasteiger partial charge on any atom is -0.351 e. The van der Waals surface area contributed by atoms with Gasteiger partial charge in [-0.25, -0.2) is 0 Å². The Balaban J connectivity index is 2.02. The second-order valence-electron chi connectivity index (χ2n) is 8.15. The Morgan fingerprint density at radius 2 is 1.76 bits per heavy atom. The second-order valence-corrected chi connectivity index (χ2v) is 9.45. The number of carbonyl (C=O) groups excluding carboxylic acids is 1. The van der Waals surface area contributed by atoms with Gasteiger partial charge in [0.25, 0.3) is 0 Å². The Kier molecular flexibility index (Phi) is 6.07. The molecule has 0 saturated heterocycles. The van der Waals surface area contributed by atoms with Gasteiger partial charge >= 0.3 is 0 Å². The van der Waals surface area contributed by atoms with Crippen LogP contribution in [0.25, 0.3) is 17.1 Å². The number of pyridine rings is 1. The molecule has 0 aliphatic rings. The van der Waals surface area contributed by atoms with E-state index < -0.39 is 0 Å². The molecule has 7 heteroatoms. The lowest BCUT2D eigenvalue weighted by Gasteiger charge is -2.23. The van der Waals surface area contributed by atoms with Crippen LogP contribution in [0.5, 0.6) is 0 Å². The number of aryl methyl sites for hydroxylation is 2. The Bertz CT molecular complexity index is 1010. The summed E-state index contributed by atoms with van der Waals surface area (Å²) in [4.78, 5) is 16.7. The average Bonchev–Trinajstić information content (AvgIpc) is 3.07. The summed E-state index contributed by atoms with van der Waals surface area (Å²) in [7, 11) is 0. The zero-order valence-electron chi connectivity index (χ0n) is 17.7. The van der Waals surface area contributed by atoms with Crippen molar-refractivity contribution >= 4 is 17.7 Å². The Morgan fingerprint density at radius 1 is 1.07 bits per heavy atom. The first-order valence-corrected chi connectivity index (χ1v) is 10.5. The lowest BCUT2D eigenvalue weighted by molar-refractivity contribution is -0.121. The fourth-order valence-corrected chi connectivity index (χ4v) is 3.68. The molecule has 0 fully saturated rings. The van der Waals surface area contributed by atoms with E-state index in [0.29, 0.717) is 5.16 Å². The van der Waals surface area contributed by atoms with Crippen LogP contribution < -0.4 is 5.32 Å². The Morgan fingerprint density at radius 3 is 2.38 bits per heavy atom. The van der Waals surface area contributed by atoms with Gasteiger partial charge in [0.1, 0.15) is 0 Å². The number of thioether (sulfide) groups is 1. The molecule has 0 spiro atoms. The van der Waals surface area contributed by atoms with Crippen molar-refractivity contribution in [3.8, 4) is 17.1 Å². The summed E-state index contributed by atoms with van der Waals surface area (Å²) < 4.78 is 2.01. The fourth-order valence-electron chi connectivity index (χ4n) is 2.81. The molecule has 2 aromatic heterocycles. The first-order valence-electron chi connectivity index (χ1n) is 9.58. The van der Waals surface area contributed by atoms with Gasteiger partial charge in [0, 0.05) is 23.5 Å². The molecule has 1 aromatic carbocycles. The molecular weight excluding hydrogens is 382 g/mol. The summed E-state index contributed by atoms with van der Waals surface area (Å²) in [5, 5.41) is 12.2. The number of aromatic nitrogens is 4. The second kappa shape index (κ2) is 8.37. The van der Waals surface area contributed by atoms with Crippen LogP contribution in [0.2, 0.25) is 0 Å². The molecule has 2 heterocycles. The van der Waals surface area contributed by atoms with E-state index in [4.69, 9.17) is 0 Å². The molecule has 0 saturated carbocycles. The van der Waals surface area contributed by atoms with E-state index in [1.165, 1.54) is 22.9 Å². The van der Waals surface area contributed by atoms with Crippen LogP contribution >= 0.6 is 11.8 Å². The molecule has 0 aliphatic heterocycles. The molecule has 1 atom stereocenters. The van der Waals surface area contributed by atoms with Crippen molar-refractivity contribution < 1.29 is 4.79 Å².